The number of H-pyrrole nitrogens is 1. The number of para-hydroxylation sites is 1. The second-order valence-electron chi connectivity index (χ2n) is 8.54. The van der Waals surface area contributed by atoms with Crippen molar-refractivity contribution < 1.29 is 0 Å². The van der Waals surface area contributed by atoms with E-state index in [-0.39, 0.29) is 0 Å². The highest BCUT2D eigenvalue weighted by Gasteiger charge is 2.44. The van der Waals surface area contributed by atoms with Crippen LogP contribution in [-0.2, 0) is 18.7 Å². The number of aromatic nitrogens is 1. The molecule has 0 bridgehead atoms. The Morgan fingerprint density at radius 3 is 2.33 bits per heavy atom. The van der Waals surface area contributed by atoms with Crippen molar-refractivity contribution in [2.24, 2.45) is 0 Å². The van der Waals surface area contributed by atoms with E-state index in [2.05, 4.69) is 102 Å². The van der Waals surface area contributed by atoms with Gasteiger partial charge in [0, 0.05) is 28.6 Å². The normalized spacial score (nSPS) is 18.5. The van der Waals surface area contributed by atoms with E-state index < -0.39 is 7.26 Å². The molecule has 4 aromatic carbocycles. The Kier molecular flexibility index (Phi) is 4.25. The third-order valence-corrected chi connectivity index (χ3v) is 11.2. The summed E-state index contributed by atoms with van der Waals surface area (Å²) in [5.41, 5.74) is 5.82. The lowest BCUT2D eigenvalue weighted by atomic mass is 10.1. The number of hydrogen-bond acceptors (Lipinski definition) is 0. The van der Waals surface area contributed by atoms with Crippen molar-refractivity contribution in [3.05, 3.63) is 114 Å². The molecule has 0 saturated carbocycles. The van der Waals surface area contributed by atoms with Crippen molar-refractivity contribution in [1.82, 2.24) is 4.98 Å². The fraction of sp³-hybridized carbons (Fsp3) is 0.143. The van der Waals surface area contributed by atoms with Crippen molar-refractivity contribution in [3.8, 4) is 0 Å². The Hall–Kier alpha value is -2.89. The van der Waals surface area contributed by atoms with E-state index in [0.717, 1.165) is 6.42 Å². The molecule has 1 aliphatic rings. The Bertz CT molecular complexity index is 1350. The molecule has 0 radical (unpaired) electrons. The number of aromatic amines is 1. The molecule has 0 spiro atoms. The molecule has 2 heterocycles. The molecule has 1 atom stereocenters. The van der Waals surface area contributed by atoms with Crippen LogP contribution in [0.25, 0.3) is 21.7 Å². The first-order valence-corrected chi connectivity index (χ1v) is 13.1. The van der Waals surface area contributed by atoms with Crippen LogP contribution in [0.4, 0.5) is 0 Å². The van der Waals surface area contributed by atoms with Gasteiger partial charge in [0.2, 0.25) is 0 Å². The van der Waals surface area contributed by atoms with Gasteiger partial charge in [0.25, 0.3) is 0 Å². The first-order valence-electron chi connectivity index (χ1n) is 10.8. The lowest BCUT2D eigenvalue weighted by Gasteiger charge is -2.31. The van der Waals surface area contributed by atoms with Gasteiger partial charge in [0.15, 0.2) is 0 Å². The van der Waals surface area contributed by atoms with E-state index in [1.807, 2.05) is 0 Å². The predicted molar refractivity (Wildman–Crippen MR) is 131 cm³/mol. The van der Waals surface area contributed by atoms with Crippen LogP contribution in [0.1, 0.15) is 16.8 Å². The van der Waals surface area contributed by atoms with Gasteiger partial charge in [-0.25, -0.2) is 0 Å². The van der Waals surface area contributed by atoms with Gasteiger partial charge in [-0.2, -0.15) is 0 Å². The van der Waals surface area contributed by atoms with E-state index >= 15 is 0 Å². The van der Waals surface area contributed by atoms with Crippen molar-refractivity contribution in [3.63, 3.8) is 0 Å². The highest BCUT2D eigenvalue weighted by atomic mass is 31.2. The molecule has 1 unspecified atom stereocenters. The zero-order chi connectivity index (χ0) is 20.0. The number of fused-ring (bicyclic) bond motifs is 4. The standard InChI is InChI=1S/C28H25NP/c1-2-12-23(13-3-1)30(19-22-11-8-10-21-9-4-5-14-24(21)22)18-17-28-26(20-30)25-15-6-7-16-27(25)29-28/h1-16,29H,17-20H2/q+1. The summed E-state index contributed by atoms with van der Waals surface area (Å²) in [6.07, 6.45) is 4.80. The van der Waals surface area contributed by atoms with Gasteiger partial charge in [-0.05, 0) is 34.5 Å². The molecular formula is C28H25NP+. The molecule has 6 rings (SSSR count). The molecule has 0 saturated heterocycles. The summed E-state index contributed by atoms with van der Waals surface area (Å²) in [6.45, 7) is 0. The minimum atomic E-state index is -1.39. The van der Waals surface area contributed by atoms with Crippen molar-refractivity contribution >= 4 is 34.2 Å². The zero-order valence-electron chi connectivity index (χ0n) is 17.0. The summed E-state index contributed by atoms with van der Waals surface area (Å²) in [4.78, 5) is 3.72. The average molecular weight is 406 g/mol. The number of aryl methyl sites for hydroxylation is 1. The maximum absolute atomic E-state index is 3.72. The molecule has 30 heavy (non-hydrogen) atoms. The minimum Gasteiger partial charge on any atom is -0.358 e. The number of benzene rings is 4. The first kappa shape index (κ1) is 17.9. The molecule has 5 aromatic rings. The van der Waals surface area contributed by atoms with Crippen LogP contribution in [0.15, 0.2) is 97.1 Å². The SMILES string of the molecule is c1ccc([P+]2(Cc3cccc4ccccc34)CCc3[nH]c4ccccc4c3C2)cc1. The maximum atomic E-state index is 3.72. The molecular weight excluding hydrogens is 381 g/mol. The number of nitrogens with one attached hydrogen (secondary N) is 1. The van der Waals surface area contributed by atoms with Crippen molar-refractivity contribution in [1.29, 1.82) is 0 Å². The number of rotatable bonds is 3. The lowest BCUT2D eigenvalue weighted by Crippen LogP contribution is -2.23. The third-order valence-electron chi connectivity index (χ3n) is 6.81. The Labute approximate surface area is 178 Å². The molecule has 1 N–H and O–H groups in total. The molecule has 0 amide bonds. The lowest BCUT2D eigenvalue weighted by molar-refractivity contribution is 1.00. The van der Waals surface area contributed by atoms with Gasteiger partial charge in [-0.15, -0.1) is 0 Å². The summed E-state index contributed by atoms with van der Waals surface area (Å²) in [5, 5.41) is 5.77. The van der Waals surface area contributed by atoms with E-state index in [0.29, 0.717) is 0 Å². The Balaban J connectivity index is 1.52. The molecule has 2 heteroatoms. The smallest absolute Gasteiger partial charge is 0.0946 e. The largest absolute Gasteiger partial charge is 0.358 e. The highest BCUT2D eigenvalue weighted by Crippen LogP contribution is 2.66. The zero-order valence-corrected chi connectivity index (χ0v) is 17.9. The van der Waals surface area contributed by atoms with Crippen LogP contribution < -0.4 is 5.30 Å². The topological polar surface area (TPSA) is 15.8 Å². The Morgan fingerprint density at radius 2 is 1.43 bits per heavy atom. The molecule has 0 fully saturated rings. The van der Waals surface area contributed by atoms with Crippen LogP contribution >= 0.6 is 7.26 Å². The van der Waals surface area contributed by atoms with Crippen LogP contribution in [0.2, 0.25) is 0 Å². The molecule has 1 aliphatic heterocycles. The fourth-order valence-corrected chi connectivity index (χ4v) is 9.71. The molecule has 0 aliphatic carbocycles. The van der Waals surface area contributed by atoms with Crippen LogP contribution in [-0.4, -0.2) is 11.1 Å². The van der Waals surface area contributed by atoms with Gasteiger partial charge >= 0.3 is 0 Å². The van der Waals surface area contributed by atoms with E-state index in [4.69, 9.17) is 0 Å². The maximum Gasteiger partial charge on any atom is 0.0946 e. The summed E-state index contributed by atoms with van der Waals surface area (Å²) in [6, 6.07) is 35.9. The molecule has 146 valence electrons. The predicted octanol–water partition coefficient (Wildman–Crippen LogP) is 6.92. The summed E-state index contributed by atoms with van der Waals surface area (Å²) in [5.74, 6) is 0. The second kappa shape index (κ2) is 7.11. The minimum absolute atomic E-state index is 1.15. The number of hydrogen-bond donors (Lipinski definition) is 1. The van der Waals surface area contributed by atoms with Crippen molar-refractivity contribution in [2.45, 2.75) is 18.7 Å². The third kappa shape index (κ3) is 2.89. The molecule has 1 aromatic heterocycles. The monoisotopic (exact) mass is 406 g/mol. The van der Waals surface area contributed by atoms with Gasteiger partial charge < -0.3 is 4.98 Å². The van der Waals surface area contributed by atoms with Crippen LogP contribution in [0, 0.1) is 0 Å². The van der Waals surface area contributed by atoms with E-state index in [9.17, 15) is 0 Å². The summed E-state index contributed by atoms with van der Waals surface area (Å²) in [7, 11) is -1.39. The molecule has 1 nitrogen and oxygen atoms in total. The first-order chi connectivity index (χ1) is 14.8. The summed E-state index contributed by atoms with van der Waals surface area (Å²) < 4.78 is 0. The highest BCUT2D eigenvalue weighted by molar-refractivity contribution is 7.81. The van der Waals surface area contributed by atoms with Crippen LogP contribution in [0.5, 0.6) is 0 Å². The fourth-order valence-electron chi connectivity index (χ4n) is 5.30. The average Bonchev–Trinajstić information content (AvgIpc) is 3.18. The Morgan fingerprint density at radius 1 is 0.700 bits per heavy atom. The van der Waals surface area contributed by atoms with Gasteiger partial charge in [-0.3, -0.25) is 0 Å². The quantitative estimate of drug-likeness (QED) is 0.313. The summed E-state index contributed by atoms with van der Waals surface area (Å²) >= 11 is 0. The second-order valence-corrected chi connectivity index (χ2v) is 12.4. The van der Waals surface area contributed by atoms with Gasteiger partial charge in [0.1, 0.15) is 0 Å². The van der Waals surface area contributed by atoms with Crippen LogP contribution in [0.3, 0.4) is 0 Å². The van der Waals surface area contributed by atoms with E-state index in [1.165, 1.54) is 51.4 Å². The van der Waals surface area contributed by atoms with Crippen molar-refractivity contribution in [2.75, 3.05) is 6.16 Å². The van der Waals surface area contributed by atoms with Gasteiger partial charge in [-0.1, -0.05) is 78.9 Å². The van der Waals surface area contributed by atoms with Gasteiger partial charge in [0.05, 0.1) is 31.1 Å². The van der Waals surface area contributed by atoms with E-state index in [1.54, 1.807) is 10.9 Å².